The maximum Gasteiger partial charge on any atom is 0.335 e. The van der Waals surface area contributed by atoms with Gasteiger partial charge in [-0.25, -0.2) is 4.79 Å². The number of fused-ring (bicyclic) bond motifs is 1. The lowest BCUT2D eigenvalue weighted by atomic mass is 10.0. The molecule has 4 rings (SSSR count). The Morgan fingerprint density at radius 3 is 2.65 bits per heavy atom. The highest BCUT2D eigenvalue weighted by Gasteiger charge is 2.25. The third-order valence-corrected chi connectivity index (χ3v) is 5.32. The number of rotatable bonds is 3. The summed E-state index contributed by atoms with van der Waals surface area (Å²) in [5.41, 5.74) is 2.56. The summed E-state index contributed by atoms with van der Waals surface area (Å²) in [6, 6.07) is 16.0. The second-order valence-corrected chi connectivity index (χ2v) is 7.06. The van der Waals surface area contributed by atoms with Crippen molar-refractivity contribution in [3.05, 3.63) is 82.0 Å². The average Bonchev–Trinajstić information content (AvgIpc) is 3.21. The first kappa shape index (κ1) is 16.4. The number of carbonyl (C=O) groups excluding carboxylic acids is 1. The molecule has 5 heteroatoms. The van der Waals surface area contributed by atoms with Crippen LogP contribution in [-0.4, -0.2) is 16.9 Å². The second kappa shape index (κ2) is 6.35. The van der Waals surface area contributed by atoms with Crippen molar-refractivity contribution in [2.24, 2.45) is 0 Å². The van der Waals surface area contributed by atoms with E-state index in [-0.39, 0.29) is 11.3 Å². The fourth-order valence-corrected chi connectivity index (χ4v) is 3.89. The molecule has 0 radical (unpaired) electrons. The molecule has 0 atom stereocenters. The number of thioether (sulfide) groups is 1. The second-order valence-electron chi connectivity index (χ2n) is 5.97. The highest BCUT2D eigenvalue weighted by molar-refractivity contribution is 8.04. The Labute approximate surface area is 154 Å². The minimum atomic E-state index is -0.981. The van der Waals surface area contributed by atoms with E-state index in [4.69, 9.17) is 4.42 Å². The van der Waals surface area contributed by atoms with Crippen molar-refractivity contribution >= 4 is 29.6 Å². The number of allylic oxidation sites excluding steroid dienone is 1. The standard InChI is InChI=1S/C21H14O4S/c1-12-6-7-13(21(23)24)10-16(12)17-9-8-14(25-17)11-19-20(22)15-4-2-3-5-18(15)26-19/h2-11H,1H3,(H,23,24)/b19-11+. The van der Waals surface area contributed by atoms with Gasteiger partial charge in [0.25, 0.3) is 0 Å². The minimum absolute atomic E-state index is 0.00685. The summed E-state index contributed by atoms with van der Waals surface area (Å²) in [5.74, 6) is 0.146. The Morgan fingerprint density at radius 1 is 1.08 bits per heavy atom. The molecular weight excluding hydrogens is 348 g/mol. The normalized spacial score (nSPS) is 14.7. The first-order valence-corrected chi connectivity index (χ1v) is 8.82. The van der Waals surface area contributed by atoms with Crippen LogP contribution < -0.4 is 0 Å². The van der Waals surface area contributed by atoms with Crippen LogP contribution in [0.5, 0.6) is 0 Å². The number of benzene rings is 2. The van der Waals surface area contributed by atoms with Crippen LogP contribution in [-0.2, 0) is 0 Å². The molecule has 1 aliphatic rings. The Balaban J connectivity index is 1.67. The molecule has 0 spiro atoms. The zero-order chi connectivity index (χ0) is 18.3. The van der Waals surface area contributed by atoms with E-state index < -0.39 is 5.97 Å². The summed E-state index contributed by atoms with van der Waals surface area (Å²) < 4.78 is 5.86. The molecule has 1 aromatic heterocycles. The lowest BCUT2D eigenvalue weighted by molar-refractivity contribution is 0.0696. The van der Waals surface area contributed by atoms with Crippen molar-refractivity contribution in [2.45, 2.75) is 11.8 Å². The van der Waals surface area contributed by atoms with Crippen LogP contribution in [0.15, 0.2) is 68.8 Å². The lowest BCUT2D eigenvalue weighted by Gasteiger charge is -2.04. The maximum atomic E-state index is 12.5. The van der Waals surface area contributed by atoms with E-state index in [0.29, 0.717) is 22.0 Å². The highest BCUT2D eigenvalue weighted by atomic mass is 32.2. The fourth-order valence-electron chi connectivity index (χ4n) is 2.86. The van der Waals surface area contributed by atoms with Crippen molar-refractivity contribution in [1.29, 1.82) is 0 Å². The molecule has 2 heterocycles. The van der Waals surface area contributed by atoms with E-state index in [1.54, 1.807) is 36.4 Å². The predicted molar refractivity (Wildman–Crippen MR) is 100 cm³/mol. The van der Waals surface area contributed by atoms with E-state index in [1.807, 2.05) is 31.2 Å². The molecule has 0 saturated heterocycles. The molecule has 0 fully saturated rings. The fraction of sp³-hybridized carbons (Fsp3) is 0.0476. The zero-order valence-electron chi connectivity index (χ0n) is 13.9. The molecule has 4 nitrogen and oxygen atoms in total. The summed E-state index contributed by atoms with van der Waals surface area (Å²) in [7, 11) is 0. The number of carboxylic acid groups (broad SMARTS) is 1. The number of ketones is 1. The van der Waals surface area contributed by atoms with Crippen molar-refractivity contribution in [1.82, 2.24) is 0 Å². The van der Waals surface area contributed by atoms with Gasteiger partial charge in [0.05, 0.1) is 10.5 Å². The van der Waals surface area contributed by atoms with Gasteiger partial charge in [-0.3, -0.25) is 4.79 Å². The van der Waals surface area contributed by atoms with Gasteiger partial charge in [-0.05, 0) is 55.0 Å². The van der Waals surface area contributed by atoms with Crippen molar-refractivity contribution in [2.75, 3.05) is 0 Å². The summed E-state index contributed by atoms with van der Waals surface area (Å²) in [6.07, 6.45) is 1.73. The number of aryl methyl sites for hydroxylation is 1. The molecular formula is C21H14O4S. The summed E-state index contributed by atoms with van der Waals surface area (Å²) in [6.45, 7) is 1.90. The van der Waals surface area contributed by atoms with E-state index in [0.717, 1.165) is 16.0 Å². The molecule has 1 N–H and O–H groups in total. The quantitative estimate of drug-likeness (QED) is 0.642. The molecule has 0 saturated carbocycles. The Hall–Kier alpha value is -3.05. The van der Waals surface area contributed by atoms with Crippen LogP contribution in [0, 0.1) is 6.92 Å². The molecule has 1 aliphatic heterocycles. The molecule has 0 aliphatic carbocycles. The van der Waals surface area contributed by atoms with E-state index >= 15 is 0 Å². The SMILES string of the molecule is Cc1ccc(C(=O)O)cc1-c1ccc(/C=C2/Sc3ccccc3C2=O)o1. The topological polar surface area (TPSA) is 67.5 Å². The number of hydrogen-bond donors (Lipinski definition) is 1. The number of carboxylic acids is 1. The number of furan rings is 1. The molecule has 0 amide bonds. The molecule has 0 bridgehead atoms. The third-order valence-electron chi connectivity index (χ3n) is 4.23. The number of Topliss-reactive ketones (excluding diaryl/α,β-unsaturated/α-hetero) is 1. The molecule has 0 unspecified atom stereocenters. The maximum absolute atomic E-state index is 12.5. The third kappa shape index (κ3) is 2.86. The zero-order valence-corrected chi connectivity index (χ0v) is 14.7. The Morgan fingerprint density at radius 2 is 1.88 bits per heavy atom. The number of aromatic carboxylic acids is 1. The average molecular weight is 362 g/mol. The monoisotopic (exact) mass is 362 g/mol. The van der Waals surface area contributed by atoms with Crippen LogP contribution in [0.3, 0.4) is 0 Å². The van der Waals surface area contributed by atoms with Gasteiger partial charge >= 0.3 is 5.97 Å². The van der Waals surface area contributed by atoms with Gasteiger partial charge in [0.1, 0.15) is 11.5 Å². The van der Waals surface area contributed by atoms with Gasteiger partial charge in [0, 0.05) is 16.0 Å². The van der Waals surface area contributed by atoms with Gasteiger partial charge in [-0.2, -0.15) is 0 Å². The van der Waals surface area contributed by atoms with Crippen molar-refractivity contribution in [3.63, 3.8) is 0 Å². The molecule has 26 heavy (non-hydrogen) atoms. The van der Waals surface area contributed by atoms with Crippen LogP contribution in [0.1, 0.15) is 32.0 Å². The largest absolute Gasteiger partial charge is 0.478 e. The molecule has 128 valence electrons. The number of hydrogen-bond acceptors (Lipinski definition) is 4. The summed E-state index contributed by atoms with van der Waals surface area (Å²) in [4.78, 5) is 25.2. The van der Waals surface area contributed by atoms with E-state index in [1.165, 1.54) is 11.8 Å². The predicted octanol–water partition coefficient (Wildman–Crippen LogP) is 5.28. The molecule has 3 aromatic rings. The van der Waals surface area contributed by atoms with Crippen LogP contribution in [0.2, 0.25) is 0 Å². The van der Waals surface area contributed by atoms with E-state index in [9.17, 15) is 14.7 Å². The van der Waals surface area contributed by atoms with Crippen LogP contribution in [0.25, 0.3) is 17.4 Å². The lowest BCUT2D eigenvalue weighted by Crippen LogP contribution is -1.96. The van der Waals surface area contributed by atoms with Gasteiger partial charge in [0.15, 0.2) is 0 Å². The van der Waals surface area contributed by atoms with Crippen LogP contribution in [0.4, 0.5) is 0 Å². The Kier molecular flexibility index (Phi) is 4.01. The van der Waals surface area contributed by atoms with Gasteiger partial charge in [-0.1, -0.05) is 30.0 Å². The first-order chi connectivity index (χ1) is 12.5. The van der Waals surface area contributed by atoms with Crippen molar-refractivity contribution in [3.8, 4) is 11.3 Å². The first-order valence-electron chi connectivity index (χ1n) is 8.00. The van der Waals surface area contributed by atoms with Gasteiger partial charge in [0.2, 0.25) is 5.78 Å². The number of carbonyl (C=O) groups is 2. The minimum Gasteiger partial charge on any atom is -0.478 e. The highest BCUT2D eigenvalue weighted by Crippen LogP contribution is 2.41. The van der Waals surface area contributed by atoms with Crippen molar-refractivity contribution < 1.29 is 19.1 Å². The molecule has 2 aromatic carbocycles. The smallest absolute Gasteiger partial charge is 0.335 e. The van der Waals surface area contributed by atoms with Gasteiger partial charge in [-0.15, -0.1) is 0 Å². The van der Waals surface area contributed by atoms with E-state index in [2.05, 4.69) is 0 Å². The van der Waals surface area contributed by atoms with Gasteiger partial charge < -0.3 is 9.52 Å². The summed E-state index contributed by atoms with van der Waals surface area (Å²) in [5, 5.41) is 9.18. The summed E-state index contributed by atoms with van der Waals surface area (Å²) >= 11 is 1.43. The Bertz CT molecular complexity index is 1080. The van der Waals surface area contributed by atoms with Crippen LogP contribution >= 0.6 is 11.8 Å².